The average molecular weight is 632 g/mol. The van der Waals surface area contributed by atoms with Gasteiger partial charge in [0.25, 0.3) is 0 Å². The third-order valence-corrected chi connectivity index (χ3v) is 6.07. The number of nitrogens with one attached hydrogen (secondary N) is 1. The summed E-state index contributed by atoms with van der Waals surface area (Å²) in [6.45, 7) is 22.6. The fourth-order valence-corrected chi connectivity index (χ4v) is 3.11. The zero-order chi connectivity index (χ0) is 34.2. The van der Waals surface area contributed by atoms with Crippen molar-refractivity contribution in [2.45, 2.75) is 59.9 Å². The van der Waals surface area contributed by atoms with Crippen molar-refractivity contribution in [1.29, 1.82) is 0 Å². The largest absolute Gasteiger partial charge is 0.508 e. The summed E-state index contributed by atoms with van der Waals surface area (Å²) in [5.41, 5.74) is 8.08. The van der Waals surface area contributed by atoms with Crippen LogP contribution in [-0.4, -0.2) is 90.4 Å². The van der Waals surface area contributed by atoms with Crippen LogP contribution in [0.25, 0.3) is 0 Å². The lowest BCUT2D eigenvalue weighted by Crippen LogP contribution is -2.31. The number of benzene rings is 2. The Kier molecular flexibility index (Phi) is 22.5. The van der Waals surface area contributed by atoms with Crippen molar-refractivity contribution in [3.63, 3.8) is 0 Å². The minimum absolute atomic E-state index is 0.0612. The molecule has 252 valence electrons. The van der Waals surface area contributed by atoms with E-state index in [1.807, 2.05) is 0 Å². The summed E-state index contributed by atoms with van der Waals surface area (Å²) in [5.74, 6) is -0.337. The molecule has 0 amide bonds. The van der Waals surface area contributed by atoms with E-state index in [1.54, 1.807) is 62.4 Å². The third-order valence-electron chi connectivity index (χ3n) is 6.07. The molecular formula is C34H53N3O8. The number of phenols is 2. The van der Waals surface area contributed by atoms with Gasteiger partial charge in [-0.05, 0) is 68.9 Å². The number of esters is 2. The van der Waals surface area contributed by atoms with E-state index in [0.717, 1.165) is 11.1 Å². The molecule has 11 heteroatoms. The fourth-order valence-electron chi connectivity index (χ4n) is 3.11. The van der Waals surface area contributed by atoms with Crippen molar-refractivity contribution in [3.8, 4) is 11.5 Å². The minimum atomic E-state index is -0.764. The highest BCUT2D eigenvalue weighted by atomic mass is 16.6. The number of nitrogens with zero attached hydrogens (tertiary/aromatic N) is 1. The molecule has 1 fully saturated rings. The molecule has 0 spiro atoms. The minimum Gasteiger partial charge on any atom is -0.508 e. The van der Waals surface area contributed by atoms with Gasteiger partial charge in [0.05, 0.1) is 6.61 Å². The average Bonchev–Trinajstić information content (AvgIpc) is 3.86. The molecule has 0 saturated carbocycles. The predicted octanol–water partition coefficient (Wildman–Crippen LogP) is 3.67. The van der Waals surface area contributed by atoms with E-state index in [9.17, 15) is 14.7 Å². The van der Waals surface area contributed by atoms with Gasteiger partial charge in [-0.25, -0.2) is 9.59 Å². The first-order valence-electron chi connectivity index (χ1n) is 15.0. The Labute approximate surface area is 268 Å². The van der Waals surface area contributed by atoms with Gasteiger partial charge in [0.1, 0.15) is 36.9 Å². The van der Waals surface area contributed by atoms with Gasteiger partial charge < -0.3 is 45.5 Å². The lowest BCUT2D eigenvalue weighted by Gasteiger charge is -2.13. The number of nitrogens with two attached hydrogens (primary N) is 1. The smallest absolute Gasteiger partial charge is 0.333 e. The van der Waals surface area contributed by atoms with Crippen LogP contribution in [0.1, 0.15) is 45.7 Å². The maximum atomic E-state index is 11.1. The van der Waals surface area contributed by atoms with E-state index < -0.39 is 12.1 Å². The Morgan fingerprint density at radius 1 is 0.911 bits per heavy atom. The second-order valence-corrected chi connectivity index (χ2v) is 10.2. The quantitative estimate of drug-likeness (QED) is 0.117. The Hall–Kier alpha value is -3.74. The van der Waals surface area contributed by atoms with Gasteiger partial charge in [-0.2, -0.15) is 0 Å². The summed E-state index contributed by atoms with van der Waals surface area (Å²) >= 11 is 0. The van der Waals surface area contributed by atoms with Crippen molar-refractivity contribution in [2.24, 2.45) is 5.73 Å². The summed E-state index contributed by atoms with van der Waals surface area (Å²) in [7, 11) is 0. The van der Waals surface area contributed by atoms with Crippen LogP contribution in [0, 0.1) is 0 Å². The lowest BCUT2D eigenvalue weighted by atomic mass is 10.2. The summed E-state index contributed by atoms with van der Waals surface area (Å²) in [6.07, 6.45) is -0.622. The number of phenolic OH excluding ortho intramolecular Hbond substituents is 2. The molecule has 1 heterocycles. The van der Waals surface area contributed by atoms with Crippen LogP contribution in [0.5, 0.6) is 11.5 Å². The standard InChI is InChI=1S/C14H19NO4.C7H9NO.C7H10O3.C6H15N/c1-10(2)14(18)19-9-13(17)8-15-7-11-3-5-12(16)6-4-11;8-5-6-1-3-7(9)4-2-6;1-5(2)7(8)10-4-6-3-9-6;1-4-7(5-2)6-3/h3-6,13,15-17H,1,7-9H2,2H3;1-4,9H,5,8H2;6H,1,3-4H2,2H3;4-6H2,1-3H3. The van der Waals surface area contributed by atoms with Crippen LogP contribution in [0.3, 0.4) is 0 Å². The van der Waals surface area contributed by atoms with Gasteiger partial charge in [0.2, 0.25) is 0 Å². The molecule has 0 radical (unpaired) electrons. The molecule has 45 heavy (non-hydrogen) atoms. The van der Waals surface area contributed by atoms with E-state index in [1.165, 1.54) is 19.6 Å². The molecule has 3 rings (SSSR count). The van der Waals surface area contributed by atoms with Crippen LogP contribution in [0.2, 0.25) is 0 Å². The van der Waals surface area contributed by atoms with Gasteiger partial charge in [-0.1, -0.05) is 58.2 Å². The third kappa shape index (κ3) is 22.4. The number of carbonyl (C=O) groups excluding carboxylic acids is 2. The highest BCUT2D eigenvalue weighted by Crippen LogP contribution is 2.10. The zero-order valence-corrected chi connectivity index (χ0v) is 27.5. The molecule has 0 bridgehead atoms. The summed E-state index contributed by atoms with van der Waals surface area (Å²) in [6, 6.07) is 13.6. The number of aliphatic hydroxyl groups is 1. The highest BCUT2D eigenvalue weighted by molar-refractivity contribution is 5.87. The SMILES string of the molecule is C=C(C)C(=O)OCC(O)CNCc1ccc(O)cc1.C=C(C)C(=O)OCC1CO1.CCN(CC)CC.NCc1ccc(O)cc1. The first kappa shape index (κ1) is 41.3. The zero-order valence-electron chi connectivity index (χ0n) is 27.5. The van der Waals surface area contributed by atoms with E-state index in [2.05, 4.69) is 44.1 Å². The van der Waals surface area contributed by atoms with Crippen LogP contribution in [0.15, 0.2) is 72.8 Å². The van der Waals surface area contributed by atoms with Crippen LogP contribution < -0.4 is 11.1 Å². The molecule has 2 unspecified atom stereocenters. The molecule has 1 aliphatic rings. The van der Waals surface area contributed by atoms with Crippen LogP contribution in [-0.2, 0) is 36.9 Å². The summed E-state index contributed by atoms with van der Waals surface area (Å²) in [4.78, 5) is 24.2. The number of hydrogen-bond donors (Lipinski definition) is 5. The molecule has 2 atom stereocenters. The molecule has 11 nitrogen and oxygen atoms in total. The summed E-state index contributed by atoms with van der Waals surface area (Å²) in [5, 5.41) is 30.6. The monoisotopic (exact) mass is 631 g/mol. The molecule has 1 saturated heterocycles. The van der Waals surface area contributed by atoms with E-state index in [4.69, 9.17) is 30.2 Å². The van der Waals surface area contributed by atoms with Crippen molar-refractivity contribution in [1.82, 2.24) is 10.2 Å². The first-order valence-corrected chi connectivity index (χ1v) is 15.0. The fraction of sp³-hybridized carbons (Fsp3) is 0.471. The van der Waals surface area contributed by atoms with Crippen molar-refractivity contribution < 1.29 is 39.1 Å². The van der Waals surface area contributed by atoms with E-state index in [-0.39, 0.29) is 30.2 Å². The van der Waals surface area contributed by atoms with E-state index >= 15 is 0 Å². The molecule has 6 N–H and O–H groups in total. The normalized spacial score (nSPS) is 13.4. The van der Waals surface area contributed by atoms with Crippen molar-refractivity contribution in [3.05, 3.63) is 84.0 Å². The van der Waals surface area contributed by atoms with Crippen molar-refractivity contribution in [2.75, 3.05) is 46.0 Å². The molecule has 0 aromatic heterocycles. The Morgan fingerprint density at radius 2 is 1.36 bits per heavy atom. The number of aliphatic hydroxyl groups excluding tert-OH is 1. The van der Waals surface area contributed by atoms with Gasteiger partial charge in [0.15, 0.2) is 0 Å². The lowest BCUT2D eigenvalue weighted by molar-refractivity contribution is -0.142. The number of carbonyl (C=O) groups is 2. The number of epoxide rings is 1. The summed E-state index contributed by atoms with van der Waals surface area (Å²) < 4.78 is 14.4. The van der Waals surface area contributed by atoms with Crippen LogP contribution in [0.4, 0.5) is 0 Å². The highest BCUT2D eigenvalue weighted by Gasteiger charge is 2.24. The van der Waals surface area contributed by atoms with Gasteiger partial charge >= 0.3 is 11.9 Å². The number of hydrogen-bond acceptors (Lipinski definition) is 11. The van der Waals surface area contributed by atoms with Crippen LogP contribution >= 0.6 is 0 Å². The molecule has 1 aliphatic heterocycles. The Balaban J connectivity index is 0.000000627. The number of rotatable bonds is 14. The van der Waals surface area contributed by atoms with Gasteiger partial charge in [-0.3, -0.25) is 0 Å². The number of ether oxygens (including phenoxy) is 3. The Bertz CT molecular complexity index is 1110. The molecule has 2 aromatic rings. The molecular weight excluding hydrogens is 578 g/mol. The molecule has 2 aromatic carbocycles. The van der Waals surface area contributed by atoms with Crippen molar-refractivity contribution >= 4 is 11.9 Å². The topological polar surface area (TPSA) is 167 Å². The molecule has 0 aliphatic carbocycles. The van der Waals surface area contributed by atoms with E-state index in [0.29, 0.717) is 44.0 Å². The Morgan fingerprint density at radius 3 is 1.73 bits per heavy atom. The second kappa shape index (κ2) is 24.6. The maximum absolute atomic E-state index is 11.1. The maximum Gasteiger partial charge on any atom is 0.333 e. The first-order chi connectivity index (χ1) is 21.4. The predicted molar refractivity (Wildman–Crippen MR) is 177 cm³/mol. The second-order valence-electron chi connectivity index (χ2n) is 10.2. The van der Waals surface area contributed by atoms with Gasteiger partial charge in [-0.15, -0.1) is 0 Å². The number of aromatic hydroxyl groups is 2. The van der Waals surface area contributed by atoms with Gasteiger partial charge in [0, 0.05) is 30.8 Å².